The van der Waals surface area contributed by atoms with Gasteiger partial charge >= 0.3 is 0 Å². The third kappa shape index (κ3) is 3.73. The SMILES string of the molecule is Cc1ccc(Cl)cc1OCC(C)(C)CN. The van der Waals surface area contributed by atoms with E-state index in [1.165, 1.54) is 0 Å². The molecule has 0 aliphatic carbocycles. The minimum absolute atomic E-state index is 0.00520. The van der Waals surface area contributed by atoms with E-state index in [0.717, 1.165) is 11.3 Å². The van der Waals surface area contributed by atoms with Crippen molar-refractivity contribution in [1.29, 1.82) is 0 Å². The van der Waals surface area contributed by atoms with Crippen molar-refractivity contribution in [3.05, 3.63) is 28.8 Å². The van der Waals surface area contributed by atoms with Gasteiger partial charge in [-0.15, -0.1) is 0 Å². The maximum Gasteiger partial charge on any atom is 0.123 e. The van der Waals surface area contributed by atoms with Crippen molar-refractivity contribution in [3.63, 3.8) is 0 Å². The molecule has 0 amide bonds. The van der Waals surface area contributed by atoms with Crippen molar-refractivity contribution in [3.8, 4) is 5.75 Å². The first-order valence-corrected chi connectivity index (χ1v) is 5.41. The highest BCUT2D eigenvalue weighted by Gasteiger charge is 2.16. The molecular formula is C12H18ClNO. The number of nitrogens with two attached hydrogens (primary N) is 1. The minimum atomic E-state index is -0.00520. The van der Waals surface area contributed by atoms with Crippen LogP contribution < -0.4 is 10.5 Å². The Hall–Kier alpha value is -0.730. The lowest BCUT2D eigenvalue weighted by Gasteiger charge is -2.23. The summed E-state index contributed by atoms with van der Waals surface area (Å²) in [6, 6.07) is 5.65. The lowest BCUT2D eigenvalue weighted by molar-refractivity contribution is 0.186. The van der Waals surface area contributed by atoms with Crippen LogP contribution >= 0.6 is 11.6 Å². The number of hydrogen-bond acceptors (Lipinski definition) is 2. The third-order valence-corrected chi connectivity index (χ3v) is 2.56. The Balaban J connectivity index is 2.69. The molecule has 2 nitrogen and oxygen atoms in total. The zero-order valence-electron chi connectivity index (χ0n) is 9.51. The Bertz CT molecular complexity index is 336. The largest absolute Gasteiger partial charge is 0.493 e. The molecule has 0 saturated heterocycles. The highest BCUT2D eigenvalue weighted by Crippen LogP contribution is 2.24. The molecule has 2 N–H and O–H groups in total. The van der Waals surface area contributed by atoms with Crippen LogP contribution in [0.2, 0.25) is 5.02 Å². The summed E-state index contributed by atoms with van der Waals surface area (Å²) >= 11 is 5.90. The Kier molecular flexibility index (Phi) is 4.00. The van der Waals surface area contributed by atoms with Crippen LogP contribution in [0.3, 0.4) is 0 Å². The van der Waals surface area contributed by atoms with Crippen LogP contribution in [-0.2, 0) is 0 Å². The van der Waals surface area contributed by atoms with E-state index in [1.54, 1.807) is 0 Å². The Labute approximate surface area is 96.4 Å². The molecule has 15 heavy (non-hydrogen) atoms. The van der Waals surface area contributed by atoms with Gasteiger partial charge in [0.05, 0.1) is 6.61 Å². The molecule has 84 valence electrons. The van der Waals surface area contributed by atoms with Crippen molar-refractivity contribution in [2.24, 2.45) is 11.1 Å². The van der Waals surface area contributed by atoms with Crippen LogP contribution in [0.4, 0.5) is 0 Å². The summed E-state index contributed by atoms with van der Waals surface area (Å²) in [5.41, 5.74) is 6.72. The molecule has 1 rings (SSSR count). The summed E-state index contributed by atoms with van der Waals surface area (Å²) in [6.07, 6.45) is 0. The maximum atomic E-state index is 5.90. The second-order valence-electron chi connectivity index (χ2n) is 4.57. The maximum absolute atomic E-state index is 5.90. The normalized spacial score (nSPS) is 11.5. The van der Waals surface area contributed by atoms with Gasteiger partial charge in [-0.05, 0) is 24.6 Å². The van der Waals surface area contributed by atoms with Crippen LogP contribution in [0, 0.1) is 12.3 Å². The van der Waals surface area contributed by atoms with Gasteiger partial charge in [-0.1, -0.05) is 31.5 Å². The number of halogens is 1. The lowest BCUT2D eigenvalue weighted by Crippen LogP contribution is -2.30. The van der Waals surface area contributed by atoms with Crippen LogP contribution in [0.25, 0.3) is 0 Å². The summed E-state index contributed by atoms with van der Waals surface area (Å²) in [6.45, 7) is 7.36. The summed E-state index contributed by atoms with van der Waals surface area (Å²) in [4.78, 5) is 0. The van der Waals surface area contributed by atoms with E-state index in [4.69, 9.17) is 22.1 Å². The van der Waals surface area contributed by atoms with Crippen molar-refractivity contribution in [1.82, 2.24) is 0 Å². The lowest BCUT2D eigenvalue weighted by atomic mass is 9.95. The van der Waals surface area contributed by atoms with Crippen molar-refractivity contribution >= 4 is 11.6 Å². The summed E-state index contributed by atoms with van der Waals surface area (Å²) < 4.78 is 5.71. The average Bonchev–Trinajstić information content (AvgIpc) is 2.20. The predicted molar refractivity (Wildman–Crippen MR) is 64.5 cm³/mol. The first-order valence-electron chi connectivity index (χ1n) is 5.04. The number of hydrogen-bond donors (Lipinski definition) is 1. The van der Waals surface area contributed by atoms with E-state index in [0.29, 0.717) is 18.2 Å². The van der Waals surface area contributed by atoms with E-state index >= 15 is 0 Å². The topological polar surface area (TPSA) is 35.2 Å². The Morgan fingerprint density at radius 2 is 2.07 bits per heavy atom. The van der Waals surface area contributed by atoms with Gasteiger partial charge in [0.2, 0.25) is 0 Å². The number of benzene rings is 1. The van der Waals surface area contributed by atoms with Gasteiger partial charge in [0.1, 0.15) is 5.75 Å². The van der Waals surface area contributed by atoms with Crippen LogP contribution in [0.15, 0.2) is 18.2 Å². The third-order valence-electron chi connectivity index (χ3n) is 2.32. The molecule has 0 atom stereocenters. The van der Waals surface area contributed by atoms with Gasteiger partial charge in [-0.25, -0.2) is 0 Å². The van der Waals surface area contributed by atoms with Crippen molar-refractivity contribution in [2.75, 3.05) is 13.2 Å². The molecular weight excluding hydrogens is 210 g/mol. The van der Waals surface area contributed by atoms with E-state index in [2.05, 4.69) is 13.8 Å². The fraction of sp³-hybridized carbons (Fsp3) is 0.500. The van der Waals surface area contributed by atoms with Gasteiger partial charge < -0.3 is 10.5 Å². The molecule has 0 spiro atoms. The van der Waals surface area contributed by atoms with E-state index in [9.17, 15) is 0 Å². The second-order valence-corrected chi connectivity index (χ2v) is 5.00. The molecule has 1 aromatic rings. The average molecular weight is 228 g/mol. The molecule has 0 saturated carbocycles. The highest BCUT2D eigenvalue weighted by molar-refractivity contribution is 6.30. The van der Waals surface area contributed by atoms with Gasteiger partial charge in [0.15, 0.2) is 0 Å². The molecule has 0 fully saturated rings. The fourth-order valence-corrected chi connectivity index (χ4v) is 1.22. The summed E-state index contributed by atoms with van der Waals surface area (Å²) in [7, 11) is 0. The van der Waals surface area contributed by atoms with E-state index in [1.807, 2.05) is 25.1 Å². The molecule has 0 radical (unpaired) electrons. The molecule has 0 aliphatic heterocycles. The number of aryl methyl sites for hydroxylation is 1. The zero-order valence-corrected chi connectivity index (χ0v) is 10.3. The molecule has 0 aromatic heterocycles. The van der Waals surface area contributed by atoms with E-state index in [-0.39, 0.29) is 5.41 Å². The molecule has 0 unspecified atom stereocenters. The smallest absolute Gasteiger partial charge is 0.123 e. The van der Waals surface area contributed by atoms with Crippen molar-refractivity contribution in [2.45, 2.75) is 20.8 Å². The van der Waals surface area contributed by atoms with Gasteiger partial charge in [-0.3, -0.25) is 0 Å². The highest BCUT2D eigenvalue weighted by atomic mass is 35.5. The summed E-state index contributed by atoms with van der Waals surface area (Å²) in [5, 5.41) is 0.696. The molecule has 1 aromatic carbocycles. The second kappa shape index (κ2) is 4.86. The van der Waals surface area contributed by atoms with Crippen LogP contribution in [0.5, 0.6) is 5.75 Å². The monoisotopic (exact) mass is 227 g/mol. The van der Waals surface area contributed by atoms with Crippen LogP contribution in [-0.4, -0.2) is 13.2 Å². The first-order chi connectivity index (χ1) is 6.94. The first kappa shape index (κ1) is 12.3. The fourth-order valence-electron chi connectivity index (χ4n) is 1.06. The van der Waals surface area contributed by atoms with Gasteiger partial charge in [-0.2, -0.15) is 0 Å². The quantitative estimate of drug-likeness (QED) is 0.858. The Morgan fingerprint density at radius 1 is 1.40 bits per heavy atom. The molecule has 0 bridgehead atoms. The number of rotatable bonds is 4. The molecule has 3 heteroatoms. The minimum Gasteiger partial charge on any atom is -0.493 e. The predicted octanol–water partition coefficient (Wildman–Crippen LogP) is 3.01. The van der Waals surface area contributed by atoms with Gasteiger partial charge in [0.25, 0.3) is 0 Å². The molecule has 0 aliphatic rings. The van der Waals surface area contributed by atoms with Gasteiger partial charge in [0, 0.05) is 17.0 Å². The van der Waals surface area contributed by atoms with Crippen LogP contribution in [0.1, 0.15) is 19.4 Å². The molecule has 0 heterocycles. The standard InChI is InChI=1S/C12H18ClNO/c1-9-4-5-10(13)6-11(9)15-8-12(2,3)7-14/h4-6H,7-8,14H2,1-3H3. The number of ether oxygens (including phenoxy) is 1. The van der Waals surface area contributed by atoms with E-state index < -0.39 is 0 Å². The zero-order chi connectivity index (χ0) is 11.5. The van der Waals surface area contributed by atoms with Crippen molar-refractivity contribution < 1.29 is 4.74 Å². The summed E-state index contributed by atoms with van der Waals surface area (Å²) in [5.74, 6) is 0.837. The Morgan fingerprint density at radius 3 is 2.67 bits per heavy atom.